The predicted molar refractivity (Wildman–Crippen MR) is 44.8 cm³/mol. The van der Waals surface area contributed by atoms with Crippen molar-refractivity contribution < 1.29 is 9.50 Å². The number of hydrogen-bond acceptors (Lipinski definition) is 2. The number of aliphatic hydroxyl groups excluding tert-OH is 1. The molecular weight excluding hydrogens is 169 g/mol. The Morgan fingerprint density at radius 2 is 2.23 bits per heavy atom. The van der Waals surface area contributed by atoms with Gasteiger partial charge in [0, 0.05) is 5.92 Å². The molecule has 0 radical (unpaired) electrons. The standard InChI is InChI=1S/C10H6FNO/c11-10-4-3-8(7-13)6-9(10)2-1-5-12/h3-4,6,13H,7H2. The Morgan fingerprint density at radius 1 is 1.46 bits per heavy atom. The SMILES string of the molecule is N#CC#Cc1cc(CO)ccc1F. The van der Waals surface area contributed by atoms with E-state index in [0.717, 1.165) is 0 Å². The summed E-state index contributed by atoms with van der Waals surface area (Å²) >= 11 is 0. The molecule has 1 rings (SSSR count). The largest absolute Gasteiger partial charge is 0.392 e. The zero-order chi connectivity index (χ0) is 9.68. The quantitative estimate of drug-likeness (QED) is 0.651. The van der Waals surface area contributed by atoms with Crippen LogP contribution < -0.4 is 0 Å². The highest BCUT2D eigenvalue weighted by Crippen LogP contribution is 2.09. The topological polar surface area (TPSA) is 44.0 Å². The molecule has 1 aromatic rings. The van der Waals surface area contributed by atoms with E-state index in [1.165, 1.54) is 18.2 Å². The highest BCUT2D eigenvalue weighted by atomic mass is 19.1. The van der Waals surface area contributed by atoms with Crippen molar-refractivity contribution in [2.24, 2.45) is 0 Å². The first-order valence-electron chi connectivity index (χ1n) is 3.57. The molecule has 0 aliphatic rings. The minimum atomic E-state index is -0.486. The van der Waals surface area contributed by atoms with Crippen molar-refractivity contribution in [3.05, 3.63) is 35.1 Å². The average Bonchev–Trinajstić information content (AvgIpc) is 2.17. The summed E-state index contributed by atoms with van der Waals surface area (Å²) in [5.74, 6) is 3.94. The van der Waals surface area contributed by atoms with Crippen molar-refractivity contribution in [3.63, 3.8) is 0 Å². The molecule has 0 atom stereocenters. The molecular formula is C10H6FNO. The van der Waals surface area contributed by atoms with E-state index in [1.807, 2.05) is 0 Å². The zero-order valence-electron chi connectivity index (χ0n) is 6.71. The minimum absolute atomic E-state index is 0.133. The third-order valence-electron chi connectivity index (χ3n) is 1.47. The van der Waals surface area contributed by atoms with Crippen LogP contribution in [0.15, 0.2) is 18.2 Å². The van der Waals surface area contributed by atoms with Gasteiger partial charge in [-0.15, -0.1) is 0 Å². The first-order chi connectivity index (χ1) is 6.27. The van der Waals surface area contributed by atoms with Gasteiger partial charge >= 0.3 is 0 Å². The minimum Gasteiger partial charge on any atom is -0.392 e. The van der Waals surface area contributed by atoms with Crippen LogP contribution in [0, 0.1) is 29.0 Å². The second-order valence-corrected chi connectivity index (χ2v) is 2.33. The normalized spacial score (nSPS) is 8.38. The fourth-order valence-corrected chi connectivity index (χ4v) is 0.862. The molecule has 1 N–H and O–H groups in total. The van der Waals surface area contributed by atoms with Crippen molar-refractivity contribution in [2.75, 3.05) is 0 Å². The molecule has 0 unspecified atom stereocenters. The second-order valence-electron chi connectivity index (χ2n) is 2.33. The molecule has 0 saturated heterocycles. The van der Waals surface area contributed by atoms with Crippen molar-refractivity contribution in [1.29, 1.82) is 5.26 Å². The smallest absolute Gasteiger partial charge is 0.152 e. The van der Waals surface area contributed by atoms with Crippen LogP contribution in [0.2, 0.25) is 0 Å². The van der Waals surface area contributed by atoms with Crippen LogP contribution in [0.1, 0.15) is 11.1 Å². The van der Waals surface area contributed by atoms with Gasteiger partial charge in [0.25, 0.3) is 0 Å². The molecule has 0 aromatic heterocycles. The molecule has 1 aromatic carbocycles. The molecule has 3 heteroatoms. The van der Waals surface area contributed by atoms with Gasteiger partial charge in [0.1, 0.15) is 5.82 Å². The summed E-state index contributed by atoms with van der Waals surface area (Å²) in [5, 5.41) is 16.9. The number of benzene rings is 1. The van der Waals surface area contributed by atoms with Gasteiger partial charge in [0.15, 0.2) is 6.07 Å². The van der Waals surface area contributed by atoms with Gasteiger partial charge in [-0.2, -0.15) is 5.26 Å². The molecule has 0 aliphatic carbocycles. The average molecular weight is 175 g/mol. The molecule has 64 valence electrons. The van der Waals surface area contributed by atoms with Gasteiger partial charge in [-0.25, -0.2) is 4.39 Å². The fraction of sp³-hybridized carbons (Fsp3) is 0.100. The summed E-state index contributed by atoms with van der Waals surface area (Å²) in [6.07, 6.45) is 0. The van der Waals surface area contributed by atoms with Crippen molar-refractivity contribution in [2.45, 2.75) is 6.61 Å². The summed E-state index contributed by atoms with van der Waals surface area (Å²) in [7, 11) is 0. The van der Waals surface area contributed by atoms with E-state index in [0.29, 0.717) is 5.56 Å². The third kappa shape index (κ3) is 2.30. The van der Waals surface area contributed by atoms with Gasteiger partial charge < -0.3 is 5.11 Å². The van der Waals surface area contributed by atoms with E-state index in [9.17, 15) is 4.39 Å². The summed E-state index contributed by atoms with van der Waals surface area (Å²) in [4.78, 5) is 0. The molecule has 13 heavy (non-hydrogen) atoms. The van der Waals surface area contributed by atoms with Gasteiger partial charge in [-0.3, -0.25) is 0 Å². The van der Waals surface area contributed by atoms with E-state index in [2.05, 4.69) is 11.8 Å². The Balaban J connectivity index is 3.13. The lowest BCUT2D eigenvalue weighted by Gasteiger charge is -1.97. The predicted octanol–water partition coefficient (Wildman–Crippen LogP) is 1.19. The lowest BCUT2D eigenvalue weighted by atomic mass is 10.1. The van der Waals surface area contributed by atoms with E-state index in [4.69, 9.17) is 10.4 Å². The van der Waals surface area contributed by atoms with Crippen LogP contribution in [0.5, 0.6) is 0 Å². The molecule has 0 fully saturated rings. The van der Waals surface area contributed by atoms with Gasteiger partial charge in [-0.05, 0) is 23.6 Å². The number of nitrogens with zero attached hydrogens (tertiary/aromatic N) is 1. The third-order valence-corrected chi connectivity index (χ3v) is 1.47. The molecule has 0 aliphatic heterocycles. The number of nitriles is 1. The number of hydrogen-bond donors (Lipinski definition) is 1. The fourth-order valence-electron chi connectivity index (χ4n) is 0.862. The van der Waals surface area contributed by atoms with E-state index < -0.39 is 5.82 Å². The van der Waals surface area contributed by atoms with Crippen LogP contribution in [0.4, 0.5) is 4.39 Å². The molecule has 0 bridgehead atoms. The molecule has 0 spiro atoms. The number of halogens is 1. The van der Waals surface area contributed by atoms with Crippen LogP contribution in [-0.2, 0) is 6.61 Å². The Bertz CT molecular complexity index is 409. The Morgan fingerprint density at radius 3 is 2.85 bits per heavy atom. The van der Waals surface area contributed by atoms with E-state index in [-0.39, 0.29) is 12.2 Å². The monoisotopic (exact) mass is 175 g/mol. The highest BCUT2D eigenvalue weighted by Gasteiger charge is 1.99. The lowest BCUT2D eigenvalue weighted by Crippen LogP contribution is -1.88. The zero-order valence-corrected chi connectivity index (χ0v) is 6.71. The summed E-state index contributed by atoms with van der Waals surface area (Å²) < 4.78 is 12.9. The maximum absolute atomic E-state index is 12.9. The van der Waals surface area contributed by atoms with Crippen molar-refractivity contribution in [1.82, 2.24) is 0 Å². The Labute approximate surface area is 75.2 Å². The molecule has 0 heterocycles. The van der Waals surface area contributed by atoms with Crippen LogP contribution in [-0.4, -0.2) is 5.11 Å². The maximum atomic E-state index is 12.9. The van der Waals surface area contributed by atoms with Crippen molar-refractivity contribution in [3.8, 4) is 17.9 Å². The lowest BCUT2D eigenvalue weighted by molar-refractivity contribution is 0.281. The molecule has 2 nitrogen and oxygen atoms in total. The van der Waals surface area contributed by atoms with E-state index in [1.54, 1.807) is 6.07 Å². The number of rotatable bonds is 1. The maximum Gasteiger partial charge on any atom is 0.152 e. The van der Waals surface area contributed by atoms with Crippen LogP contribution in [0.3, 0.4) is 0 Å². The van der Waals surface area contributed by atoms with Crippen LogP contribution >= 0.6 is 0 Å². The summed E-state index contributed by atoms with van der Waals surface area (Å²) in [5.41, 5.74) is 0.705. The molecule has 0 saturated carbocycles. The molecule has 0 amide bonds. The van der Waals surface area contributed by atoms with Gasteiger partial charge in [0.05, 0.1) is 12.2 Å². The van der Waals surface area contributed by atoms with E-state index >= 15 is 0 Å². The second kappa shape index (κ2) is 4.25. The Hall–Kier alpha value is -1.84. The highest BCUT2D eigenvalue weighted by molar-refractivity contribution is 5.40. The number of aliphatic hydroxyl groups is 1. The van der Waals surface area contributed by atoms with Gasteiger partial charge in [0.2, 0.25) is 0 Å². The Kier molecular flexibility index (Phi) is 3.03. The first kappa shape index (κ1) is 9.25. The van der Waals surface area contributed by atoms with Crippen LogP contribution in [0.25, 0.3) is 0 Å². The summed E-state index contributed by atoms with van der Waals surface area (Å²) in [6.45, 7) is -0.165. The van der Waals surface area contributed by atoms with Gasteiger partial charge in [-0.1, -0.05) is 6.07 Å². The first-order valence-corrected chi connectivity index (χ1v) is 3.57. The summed E-state index contributed by atoms with van der Waals surface area (Å²) in [6, 6.07) is 5.69. The van der Waals surface area contributed by atoms with Crippen molar-refractivity contribution >= 4 is 0 Å².